The van der Waals surface area contributed by atoms with Crippen LogP contribution in [-0.4, -0.2) is 59.3 Å². The average Bonchev–Trinajstić information content (AvgIpc) is 3.43. The van der Waals surface area contributed by atoms with Crippen LogP contribution in [0, 0.1) is 11.8 Å². The van der Waals surface area contributed by atoms with Gasteiger partial charge in [-0.3, -0.25) is 14.3 Å². The zero-order valence-corrected chi connectivity index (χ0v) is 16.8. The third-order valence-electron chi connectivity index (χ3n) is 5.94. The van der Waals surface area contributed by atoms with Crippen molar-refractivity contribution in [2.45, 2.75) is 19.3 Å². The summed E-state index contributed by atoms with van der Waals surface area (Å²) < 4.78 is 6.95. The van der Waals surface area contributed by atoms with E-state index in [4.69, 9.17) is 4.74 Å². The summed E-state index contributed by atoms with van der Waals surface area (Å²) in [5.74, 6) is 0.536. The largest absolute Gasteiger partial charge is 0.381 e. The highest BCUT2D eigenvalue weighted by Crippen LogP contribution is 2.22. The average molecular weight is 396 g/mol. The van der Waals surface area contributed by atoms with Crippen LogP contribution in [0.1, 0.15) is 29.8 Å². The van der Waals surface area contributed by atoms with Crippen molar-refractivity contribution >= 4 is 11.8 Å². The van der Waals surface area contributed by atoms with Gasteiger partial charge in [-0.25, -0.2) is 0 Å². The first kappa shape index (κ1) is 19.6. The molecule has 4 rings (SSSR count). The Bertz CT molecular complexity index is 850. The molecule has 0 saturated carbocycles. The van der Waals surface area contributed by atoms with Gasteiger partial charge < -0.3 is 15.0 Å². The Labute approximate surface area is 171 Å². The number of benzene rings is 1. The minimum absolute atomic E-state index is 0.000295. The number of nitrogens with one attached hydrogen (secondary N) is 1. The molecule has 0 spiro atoms. The number of piperidine rings is 1. The summed E-state index contributed by atoms with van der Waals surface area (Å²) in [7, 11) is 1.81. The number of rotatable bonds is 5. The summed E-state index contributed by atoms with van der Waals surface area (Å²) in [6.45, 7) is 3.31. The Morgan fingerprint density at radius 3 is 2.62 bits per heavy atom. The number of aryl methyl sites for hydroxylation is 1. The van der Waals surface area contributed by atoms with Crippen LogP contribution >= 0.6 is 0 Å². The Balaban J connectivity index is 1.30. The number of amides is 2. The van der Waals surface area contributed by atoms with Crippen molar-refractivity contribution in [2.24, 2.45) is 18.9 Å². The fourth-order valence-corrected chi connectivity index (χ4v) is 4.05. The molecule has 2 aliphatic rings. The van der Waals surface area contributed by atoms with Gasteiger partial charge in [0.1, 0.15) is 5.69 Å². The number of hydrogen-bond acceptors (Lipinski definition) is 4. The third kappa shape index (κ3) is 4.50. The Morgan fingerprint density at radius 1 is 1.17 bits per heavy atom. The van der Waals surface area contributed by atoms with Gasteiger partial charge in [0.05, 0.1) is 18.2 Å². The lowest BCUT2D eigenvalue weighted by Gasteiger charge is -2.32. The molecule has 1 atom stereocenters. The van der Waals surface area contributed by atoms with Gasteiger partial charge in [-0.15, -0.1) is 0 Å². The molecule has 1 aromatic heterocycles. The third-order valence-corrected chi connectivity index (χ3v) is 5.94. The van der Waals surface area contributed by atoms with Crippen molar-refractivity contribution in [1.82, 2.24) is 20.0 Å². The normalized spacial score (nSPS) is 20.0. The van der Waals surface area contributed by atoms with E-state index >= 15 is 0 Å². The second-order valence-electron chi connectivity index (χ2n) is 7.95. The highest BCUT2D eigenvalue weighted by Gasteiger charge is 2.28. The molecule has 2 aromatic rings. The van der Waals surface area contributed by atoms with Crippen molar-refractivity contribution in [1.29, 1.82) is 0 Å². The van der Waals surface area contributed by atoms with Gasteiger partial charge in [0.15, 0.2) is 0 Å². The lowest BCUT2D eigenvalue weighted by molar-refractivity contribution is -0.125. The van der Waals surface area contributed by atoms with Gasteiger partial charge >= 0.3 is 0 Å². The lowest BCUT2D eigenvalue weighted by Crippen LogP contribution is -2.43. The molecule has 7 nitrogen and oxygen atoms in total. The molecule has 0 radical (unpaired) electrons. The van der Waals surface area contributed by atoms with E-state index in [-0.39, 0.29) is 17.7 Å². The molecule has 154 valence electrons. The maximum atomic E-state index is 13.0. The van der Waals surface area contributed by atoms with E-state index in [1.54, 1.807) is 4.68 Å². The van der Waals surface area contributed by atoms with Crippen LogP contribution in [0.25, 0.3) is 11.3 Å². The molecule has 1 unspecified atom stereocenters. The van der Waals surface area contributed by atoms with E-state index < -0.39 is 0 Å². The Morgan fingerprint density at radius 2 is 1.93 bits per heavy atom. The Hall–Kier alpha value is -2.67. The summed E-state index contributed by atoms with van der Waals surface area (Å²) in [5, 5.41) is 7.57. The molecule has 2 saturated heterocycles. The van der Waals surface area contributed by atoms with Crippen LogP contribution in [0.3, 0.4) is 0 Å². The summed E-state index contributed by atoms with van der Waals surface area (Å²) in [6, 6.07) is 11.8. The standard InChI is InChI=1S/C22H28N4O3/c1-25-20(13-19(24-25)17-5-3-2-4-6-17)22(28)26-10-7-16(8-11-26)14-23-21(27)18-9-12-29-15-18/h2-6,13,16,18H,7-12,14-15H2,1H3,(H,23,27). The molecule has 1 aromatic carbocycles. The zero-order valence-electron chi connectivity index (χ0n) is 16.8. The quantitative estimate of drug-likeness (QED) is 0.840. The van der Waals surface area contributed by atoms with Crippen molar-refractivity contribution in [3.8, 4) is 11.3 Å². The first-order chi connectivity index (χ1) is 14.1. The summed E-state index contributed by atoms with van der Waals surface area (Å²) >= 11 is 0. The van der Waals surface area contributed by atoms with Gasteiger partial charge in [0, 0.05) is 38.9 Å². The van der Waals surface area contributed by atoms with Crippen LogP contribution in [0.5, 0.6) is 0 Å². The van der Waals surface area contributed by atoms with E-state index in [2.05, 4.69) is 10.4 Å². The van der Waals surface area contributed by atoms with Gasteiger partial charge in [-0.1, -0.05) is 30.3 Å². The lowest BCUT2D eigenvalue weighted by atomic mass is 9.96. The number of nitrogens with zero attached hydrogens (tertiary/aromatic N) is 3. The molecule has 2 aliphatic heterocycles. The van der Waals surface area contributed by atoms with Gasteiger partial charge in [-0.2, -0.15) is 5.10 Å². The molecule has 3 heterocycles. The van der Waals surface area contributed by atoms with Crippen molar-refractivity contribution in [2.75, 3.05) is 32.8 Å². The molecular formula is C22H28N4O3. The number of aromatic nitrogens is 2. The maximum absolute atomic E-state index is 13.0. The van der Waals surface area contributed by atoms with Crippen LogP contribution in [0.4, 0.5) is 0 Å². The van der Waals surface area contributed by atoms with Crippen molar-refractivity contribution in [3.63, 3.8) is 0 Å². The first-order valence-corrected chi connectivity index (χ1v) is 10.4. The predicted molar refractivity (Wildman–Crippen MR) is 109 cm³/mol. The highest BCUT2D eigenvalue weighted by atomic mass is 16.5. The number of likely N-dealkylation sites (tertiary alicyclic amines) is 1. The van der Waals surface area contributed by atoms with Crippen LogP contribution in [0.2, 0.25) is 0 Å². The number of carbonyl (C=O) groups is 2. The second-order valence-corrected chi connectivity index (χ2v) is 7.95. The molecule has 29 heavy (non-hydrogen) atoms. The van der Waals surface area contributed by atoms with Crippen molar-refractivity contribution < 1.29 is 14.3 Å². The minimum atomic E-state index is 0.000295. The van der Waals surface area contributed by atoms with E-state index in [0.717, 1.165) is 30.5 Å². The molecule has 1 N–H and O–H groups in total. The van der Waals surface area contributed by atoms with Crippen LogP contribution in [0.15, 0.2) is 36.4 Å². The van der Waals surface area contributed by atoms with E-state index in [9.17, 15) is 9.59 Å². The number of ether oxygens (including phenoxy) is 1. The Kier molecular flexibility index (Phi) is 5.94. The van der Waals surface area contributed by atoms with Gasteiger partial charge in [-0.05, 0) is 31.2 Å². The summed E-state index contributed by atoms with van der Waals surface area (Å²) in [4.78, 5) is 27.0. The zero-order chi connectivity index (χ0) is 20.2. The fraction of sp³-hybridized carbons (Fsp3) is 0.500. The molecule has 0 bridgehead atoms. The smallest absolute Gasteiger partial charge is 0.272 e. The van der Waals surface area contributed by atoms with Crippen molar-refractivity contribution in [3.05, 3.63) is 42.1 Å². The molecule has 2 amide bonds. The minimum Gasteiger partial charge on any atom is -0.381 e. The SMILES string of the molecule is Cn1nc(-c2ccccc2)cc1C(=O)N1CCC(CNC(=O)C2CCOC2)CC1. The number of carbonyl (C=O) groups excluding carboxylic acids is 2. The van der Waals surface area contributed by atoms with Crippen LogP contribution < -0.4 is 5.32 Å². The monoisotopic (exact) mass is 396 g/mol. The van der Waals surface area contributed by atoms with Gasteiger partial charge in [0.25, 0.3) is 5.91 Å². The molecule has 2 fully saturated rings. The number of hydrogen-bond donors (Lipinski definition) is 1. The second kappa shape index (κ2) is 8.78. The first-order valence-electron chi connectivity index (χ1n) is 10.4. The molecule has 7 heteroatoms. The fourth-order valence-electron chi connectivity index (χ4n) is 4.05. The highest BCUT2D eigenvalue weighted by molar-refractivity contribution is 5.93. The predicted octanol–water partition coefficient (Wildman–Crippen LogP) is 2.09. The topological polar surface area (TPSA) is 76.5 Å². The molecule has 0 aliphatic carbocycles. The summed E-state index contributed by atoms with van der Waals surface area (Å²) in [5.41, 5.74) is 2.42. The maximum Gasteiger partial charge on any atom is 0.272 e. The van der Waals surface area contributed by atoms with Gasteiger partial charge in [0.2, 0.25) is 5.91 Å². The van der Waals surface area contributed by atoms with E-state index in [1.807, 2.05) is 48.3 Å². The van der Waals surface area contributed by atoms with Crippen LogP contribution in [-0.2, 0) is 16.6 Å². The molecular weight excluding hydrogens is 368 g/mol. The van der Waals surface area contributed by atoms with E-state index in [1.165, 1.54) is 0 Å². The summed E-state index contributed by atoms with van der Waals surface area (Å²) in [6.07, 6.45) is 2.61. The van der Waals surface area contributed by atoms with E-state index in [0.29, 0.717) is 44.5 Å².